The van der Waals surface area contributed by atoms with Gasteiger partial charge in [-0.05, 0) is 24.0 Å². The number of carboxylic acids is 2. The van der Waals surface area contributed by atoms with Crippen molar-refractivity contribution in [1.82, 2.24) is 10.3 Å². The molecule has 3 rings (SSSR count). The van der Waals surface area contributed by atoms with Gasteiger partial charge in [-0.1, -0.05) is 0 Å². The number of aromatic nitrogens is 1. The van der Waals surface area contributed by atoms with Crippen molar-refractivity contribution in [3.63, 3.8) is 0 Å². The van der Waals surface area contributed by atoms with E-state index in [9.17, 15) is 26.3 Å². The van der Waals surface area contributed by atoms with E-state index in [2.05, 4.69) is 27.3 Å². The number of hydrogen-bond acceptors (Lipinski definition) is 5. The van der Waals surface area contributed by atoms with Gasteiger partial charge in [0.15, 0.2) is 0 Å². The summed E-state index contributed by atoms with van der Waals surface area (Å²) in [5, 5.41) is 17.7. The summed E-state index contributed by atoms with van der Waals surface area (Å²) < 4.78 is 63.5. The summed E-state index contributed by atoms with van der Waals surface area (Å²) >= 11 is 0. The predicted octanol–water partition coefficient (Wildman–Crippen LogP) is 2.00. The van der Waals surface area contributed by atoms with E-state index in [1.807, 2.05) is 12.4 Å². The van der Waals surface area contributed by atoms with Crippen LogP contribution in [0, 0.1) is 11.8 Å². The zero-order valence-electron chi connectivity index (χ0n) is 14.2. The van der Waals surface area contributed by atoms with E-state index in [1.165, 1.54) is 31.9 Å². The number of carbonyl (C=O) groups is 2. The summed E-state index contributed by atoms with van der Waals surface area (Å²) in [6, 6.07) is 4.21. The molecule has 158 valence electrons. The second-order valence-electron chi connectivity index (χ2n) is 5.89. The molecule has 0 unspecified atom stereocenters. The van der Waals surface area contributed by atoms with E-state index in [4.69, 9.17) is 19.8 Å². The number of alkyl halides is 6. The number of anilines is 1. The van der Waals surface area contributed by atoms with Gasteiger partial charge in [0.2, 0.25) is 0 Å². The second kappa shape index (κ2) is 9.57. The first-order valence-electron chi connectivity index (χ1n) is 7.78. The molecule has 2 saturated heterocycles. The van der Waals surface area contributed by atoms with Gasteiger partial charge in [0.1, 0.15) is 0 Å². The van der Waals surface area contributed by atoms with Gasteiger partial charge in [0.25, 0.3) is 0 Å². The molecule has 0 aromatic carbocycles. The number of aliphatic carboxylic acids is 2. The zero-order chi connectivity index (χ0) is 21.5. The maximum atomic E-state index is 10.6. The van der Waals surface area contributed by atoms with Gasteiger partial charge in [-0.15, -0.1) is 0 Å². The minimum Gasteiger partial charge on any atom is -0.475 e. The molecule has 2 aliphatic rings. The van der Waals surface area contributed by atoms with Crippen LogP contribution in [0.1, 0.15) is 0 Å². The fraction of sp³-hybridized carbons (Fsp3) is 0.533. The Kier molecular flexibility index (Phi) is 8.02. The first-order chi connectivity index (χ1) is 12.8. The molecular formula is C15H17F6N3O4. The minimum absolute atomic E-state index is 0.864. The van der Waals surface area contributed by atoms with Crippen LogP contribution in [0.25, 0.3) is 0 Å². The summed E-state index contributed by atoms with van der Waals surface area (Å²) in [5.74, 6) is -3.79. The summed E-state index contributed by atoms with van der Waals surface area (Å²) in [6.07, 6.45) is -6.41. The van der Waals surface area contributed by atoms with Crippen molar-refractivity contribution in [2.24, 2.45) is 11.8 Å². The fourth-order valence-electron chi connectivity index (χ4n) is 2.62. The van der Waals surface area contributed by atoms with Crippen molar-refractivity contribution < 1.29 is 46.1 Å². The third-order valence-corrected chi connectivity index (χ3v) is 3.90. The van der Waals surface area contributed by atoms with Crippen LogP contribution in [0.2, 0.25) is 0 Å². The maximum Gasteiger partial charge on any atom is 0.490 e. The number of hydrogen-bond donors (Lipinski definition) is 3. The van der Waals surface area contributed by atoms with E-state index >= 15 is 0 Å². The lowest BCUT2D eigenvalue weighted by molar-refractivity contribution is -0.193. The van der Waals surface area contributed by atoms with E-state index < -0.39 is 24.3 Å². The summed E-state index contributed by atoms with van der Waals surface area (Å²) in [7, 11) is 0. The largest absolute Gasteiger partial charge is 0.490 e. The van der Waals surface area contributed by atoms with Gasteiger partial charge in [0.05, 0.1) is 0 Å². The Labute approximate surface area is 155 Å². The van der Waals surface area contributed by atoms with Crippen LogP contribution in [0.4, 0.5) is 32.0 Å². The number of nitrogens with zero attached hydrogens (tertiary/aromatic N) is 2. The highest BCUT2D eigenvalue weighted by Crippen LogP contribution is 2.29. The molecule has 28 heavy (non-hydrogen) atoms. The molecule has 0 spiro atoms. The Bertz CT molecular complexity index is 617. The first-order valence-corrected chi connectivity index (χ1v) is 7.78. The Balaban J connectivity index is 0.000000240. The van der Waals surface area contributed by atoms with Gasteiger partial charge in [0, 0.05) is 44.3 Å². The third-order valence-electron chi connectivity index (χ3n) is 3.90. The molecule has 2 fully saturated rings. The van der Waals surface area contributed by atoms with Gasteiger partial charge in [-0.3, -0.25) is 4.98 Å². The summed E-state index contributed by atoms with van der Waals surface area (Å²) in [5.41, 5.74) is 1.33. The van der Waals surface area contributed by atoms with Gasteiger partial charge < -0.3 is 20.4 Å². The van der Waals surface area contributed by atoms with Crippen LogP contribution in [0.3, 0.4) is 0 Å². The molecule has 0 amide bonds. The standard InChI is InChI=1S/C11H15N3.2C2HF3O2/c1-3-12-4-2-11(1)14-7-9-5-13-6-10(9)8-14;2*3-2(4,5)1(6)7/h1-4,9-10,13H,5-8H2;2*(H,6,7)/t9-,10+;;. The topological polar surface area (TPSA) is 103 Å². The Morgan fingerprint density at radius 3 is 1.61 bits per heavy atom. The molecule has 0 radical (unpaired) electrons. The normalized spacial score (nSPS) is 21.0. The zero-order valence-corrected chi connectivity index (χ0v) is 14.2. The molecule has 2 atom stereocenters. The molecular weight excluding hydrogens is 400 g/mol. The van der Waals surface area contributed by atoms with Crippen molar-refractivity contribution in [3.05, 3.63) is 24.5 Å². The average molecular weight is 417 g/mol. The van der Waals surface area contributed by atoms with E-state index in [-0.39, 0.29) is 0 Å². The average Bonchev–Trinajstić information content (AvgIpc) is 3.16. The number of nitrogens with one attached hydrogen (secondary N) is 1. The number of rotatable bonds is 1. The monoisotopic (exact) mass is 417 g/mol. The molecule has 0 bridgehead atoms. The molecule has 13 heteroatoms. The van der Waals surface area contributed by atoms with Crippen molar-refractivity contribution in [3.8, 4) is 0 Å². The lowest BCUT2D eigenvalue weighted by Crippen LogP contribution is -2.25. The molecule has 7 nitrogen and oxygen atoms in total. The lowest BCUT2D eigenvalue weighted by atomic mass is 10.0. The minimum atomic E-state index is -5.08. The van der Waals surface area contributed by atoms with E-state index in [1.54, 1.807) is 0 Å². The van der Waals surface area contributed by atoms with Crippen LogP contribution < -0.4 is 10.2 Å². The molecule has 1 aromatic rings. The van der Waals surface area contributed by atoms with E-state index in [0.717, 1.165) is 11.8 Å². The van der Waals surface area contributed by atoms with Crippen molar-refractivity contribution in [1.29, 1.82) is 0 Å². The number of fused-ring (bicyclic) bond motifs is 1. The highest BCUT2D eigenvalue weighted by Gasteiger charge is 2.39. The third kappa shape index (κ3) is 7.58. The van der Waals surface area contributed by atoms with Gasteiger partial charge >= 0.3 is 24.3 Å². The lowest BCUT2D eigenvalue weighted by Gasteiger charge is -2.19. The molecule has 0 aliphatic carbocycles. The molecule has 1 aromatic heterocycles. The Hall–Kier alpha value is -2.57. The predicted molar refractivity (Wildman–Crippen MR) is 83.7 cm³/mol. The Morgan fingerprint density at radius 1 is 0.929 bits per heavy atom. The van der Waals surface area contributed by atoms with Gasteiger partial charge in [-0.2, -0.15) is 26.3 Å². The van der Waals surface area contributed by atoms with Crippen LogP contribution in [-0.4, -0.2) is 65.7 Å². The highest BCUT2D eigenvalue weighted by atomic mass is 19.4. The smallest absolute Gasteiger partial charge is 0.475 e. The molecule has 0 saturated carbocycles. The van der Waals surface area contributed by atoms with Crippen LogP contribution in [0.15, 0.2) is 24.5 Å². The van der Waals surface area contributed by atoms with Gasteiger partial charge in [-0.25, -0.2) is 9.59 Å². The van der Waals surface area contributed by atoms with Crippen LogP contribution >= 0.6 is 0 Å². The number of pyridine rings is 1. The molecule has 3 heterocycles. The Morgan fingerprint density at radius 2 is 1.29 bits per heavy atom. The van der Waals surface area contributed by atoms with E-state index in [0.29, 0.717) is 0 Å². The van der Waals surface area contributed by atoms with Crippen LogP contribution in [0.5, 0.6) is 0 Å². The second-order valence-corrected chi connectivity index (χ2v) is 5.89. The fourth-order valence-corrected chi connectivity index (χ4v) is 2.62. The highest BCUT2D eigenvalue weighted by molar-refractivity contribution is 5.73. The first kappa shape index (κ1) is 23.5. The van der Waals surface area contributed by atoms with Crippen LogP contribution in [-0.2, 0) is 9.59 Å². The molecule has 3 N–H and O–H groups in total. The summed E-state index contributed by atoms with van der Waals surface area (Å²) in [4.78, 5) is 24.3. The SMILES string of the molecule is O=C(O)C(F)(F)F.O=C(O)C(F)(F)F.c1cc(N2C[C@H]3CNC[C@H]3C2)ccn1. The van der Waals surface area contributed by atoms with Crippen molar-refractivity contribution in [2.45, 2.75) is 12.4 Å². The quantitative estimate of drug-likeness (QED) is 0.601. The molecule has 2 aliphatic heterocycles. The summed E-state index contributed by atoms with van der Waals surface area (Å²) in [6.45, 7) is 4.82. The number of halogens is 6. The number of carboxylic acid groups (broad SMARTS) is 2. The van der Waals surface area contributed by atoms with Crippen molar-refractivity contribution in [2.75, 3.05) is 31.1 Å². The maximum absolute atomic E-state index is 10.6. The van der Waals surface area contributed by atoms with Crippen molar-refractivity contribution >= 4 is 17.6 Å².